The van der Waals surface area contributed by atoms with Crippen molar-refractivity contribution in [2.24, 2.45) is 17.0 Å². The van der Waals surface area contributed by atoms with E-state index in [0.717, 1.165) is 6.42 Å². The molecule has 0 aromatic carbocycles. The second-order valence-corrected chi connectivity index (χ2v) is 3.59. The summed E-state index contributed by atoms with van der Waals surface area (Å²) < 4.78 is 4.85. The van der Waals surface area contributed by atoms with Gasteiger partial charge in [-0.1, -0.05) is 13.8 Å². The predicted molar refractivity (Wildman–Crippen MR) is 54.5 cm³/mol. The van der Waals surface area contributed by atoms with Crippen LogP contribution >= 0.6 is 0 Å². The van der Waals surface area contributed by atoms with Gasteiger partial charge >= 0.3 is 5.97 Å². The second-order valence-electron chi connectivity index (χ2n) is 3.59. The Morgan fingerprint density at radius 1 is 1.50 bits per heavy atom. The van der Waals surface area contributed by atoms with Crippen molar-refractivity contribution < 1.29 is 14.7 Å². The Labute approximate surface area is 84.9 Å². The normalized spacial score (nSPS) is 13.4. The monoisotopic (exact) mass is 201 g/mol. The smallest absolute Gasteiger partial charge is 0.314 e. The molecule has 1 N–H and O–H groups in total. The fourth-order valence-electron chi connectivity index (χ4n) is 1.10. The molecule has 1 unspecified atom stereocenters. The van der Waals surface area contributed by atoms with E-state index in [9.17, 15) is 4.79 Å². The highest BCUT2D eigenvalue weighted by Gasteiger charge is 2.17. The van der Waals surface area contributed by atoms with E-state index in [1.54, 1.807) is 6.92 Å². The first-order valence-electron chi connectivity index (χ1n) is 4.96. The minimum absolute atomic E-state index is 0.314. The summed E-state index contributed by atoms with van der Waals surface area (Å²) in [5.41, 5.74) is 0. The van der Waals surface area contributed by atoms with Crippen LogP contribution in [0.4, 0.5) is 0 Å². The van der Waals surface area contributed by atoms with Crippen LogP contribution in [0.1, 0.15) is 33.6 Å². The Hall–Kier alpha value is -1.06. The molecule has 4 nitrogen and oxygen atoms in total. The lowest BCUT2D eigenvalue weighted by molar-refractivity contribution is -0.145. The van der Waals surface area contributed by atoms with E-state index in [1.165, 1.54) is 6.21 Å². The van der Waals surface area contributed by atoms with Gasteiger partial charge in [-0.2, -0.15) is 0 Å². The van der Waals surface area contributed by atoms with Crippen LogP contribution < -0.4 is 0 Å². The molecule has 0 aliphatic rings. The zero-order chi connectivity index (χ0) is 11.0. The molecule has 1 atom stereocenters. The van der Waals surface area contributed by atoms with Crippen molar-refractivity contribution in [1.29, 1.82) is 0 Å². The van der Waals surface area contributed by atoms with Crippen molar-refractivity contribution in [3.8, 4) is 0 Å². The van der Waals surface area contributed by atoms with Gasteiger partial charge in [0.2, 0.25) is 0 Å². The van der Waals surface area contributed by atoms with Gasteiger partial charge < -0.3 is 9.94 Å². The van der Waals surface area contributed by atoms with Crippen molar-refractivity contribution in [2.45, 2.75) is 33.6 Å². The highest BCUT2D eigenvalue weighted by Crippen LogP contribution is 2.12. The molecule has 0 bridgehead atoms. The molecular weight excluding hydrogens is 182 g/mol. The number of nitrogens with zero attached hydrogens (tertiary/aromatic N) is 1. The van der Waals surface area contributed by atoms with Gasteiger partial charge in [-0.05, 0) is 25.7 Å². The van der Waals surface area contributed by atoms with E-state index in [-0.39, 0.29) is 5.97 Å². The van der Waals surface area contributed by atoms with E-state index in [1.807, 2.05) is 0 Å². The topological polar surface area (TPSA) is 58.9 Å². The SMILES string of the molecule is CCOC(=O)C(/C=N\O)CCC(C)C. The lowest BCUT2D eigenvalue weighted by Crippen LogP contribution is -2.19. The summed E-state index contributed by atoms with van der Waals surface area (Å²) >= 11 is 0. The standard InChI is InChI=1S/C10H19NO3/c1-4-14-10(12)9(7-11-13)6-5-8(2)3/h7-9,13H,4-6H2,1-3H3/b11-7-. The summed E-state index contributed by atoms with van der Waals surface area (Å²) in [5.74, 6) is -0.202. The number of hydrogen-bond acceptors (Lipinski definition) is 4. The second kappa shape index (κ2) is 7.35. The molecule has 0 heterocycles. The van der Waals surface area contributed by atoms with Gasteiger partial charge in [-0.25, -0.2) is 0 Å². The number of esters is 1. The van der Waals surface area contributed by atoms with Gasteiger partial charge in [0.1, 0.15) is 0 Å². The molecule has 0 radical (unpaired) electrons. The molecule has 0 aromatic rings. The van der Waals surface area contributed by atoms with Crippen LogP contribution in [0.5, 0.6) is 0 Å². The quantitative estimate of drug-likeness (QED) is 0.310. The molecule has 0 aromatic heterocycles. The third kappa shape index (κ3) is 5.56. The molecule has 0 rings (SSSR count). The third-order valence-electron chi connectivity index (χ3n) is 1.89. The molecular formula is C10H19NO3. The maximum Gasteiger partial charge on any atom is 0.314 e. The molecule has 4 heteroatoms. The number of rotatable bonds is 6. The van der Waals surface area contributed by atoms with E-state index in [0.29, 0.717) is 18.9 Å². The summed E-state index contributed by atoms with van der Waals surface area (Å²) in [6.45, 7) is 6.28. The summed E-state index contributed by atoms with van der Waals surface area (Å²) in [6.07, 6.45) is 2.82. The van der Waals surface area contributed by atoms with Crippen molar-refractivity contribution >= 4 is 12.2 Å². The number of hydrogen-bond donors (Lipinski definition) is 1. The largest absolute Gasteiger partial charge is 0.465 e. The van der Waals surface area contributed by atoms with Crippen molar-refractivity contribution in [2.75, 3.05) is 6.61 Å². The fraction of sp³-hybridized carbons (Fsp3) is 0.800. The number of ether oxygens (including phenoxy) is 1. The minimum atomic E-state index is -0.414. The van der Waals surface area contributed by atoms with Gasteiger partial charge in [-0.15, -0.1) is 5.16 Å². The number of carbonyl (C=O) groups excluding carboxylic acids is 1. The Morgan fingerprint density at radius 3 is 2.57 bits per heavy atom. The number of oxime groups is 1. The zero-order valence-corrected chi connectivity index (χ0v) is 9.06. The molecule has 0 saturated heterocycles. The van der Waals surface area contributed by atoms with Gasteiger partial charge in [0.25, 0.3) is 0 Å². The minimum Gasteiger partial charge on any atom is -0.465 e. The van der Waals surface area contributed by atoms with Crippen molar-refractivity contribution in [1.82, 2.24) is 0 Å². The summed E-state index contributed by atoms with van der Waals surface area (Å²) in [5, 5.41) is 11.3. The summed E-state index contributed by atoms with van der Waals surface area (Å²) in [4.78, 5) is 11.3. The fourth-order valence-corrected chi connectivity index (χ4v) is 1.10. The molecule has 0 aliphatic carbocycles. The van der Waals surface area contributed by atoms with E-state index in [2.05, 4.69) is 19.0 Å². The number of carbonyl (C=O) groups is 1. The lowest BCUT2D eigenvalue weighted by atomic mass is 9.99. The van der Waals surface area contributed by atoms with Crippen molar-refractivity contribution in [3.63, 3.8) is 0 Å². The van der Waals surface area contributed by atoms with Crippen LogP contribution in [0.3, 0.4) is 0 Å². The zero-order valence-electron chi connectivity index (χ0n) is 9.06. The molecule has 0 aliphatic heterocycles. The molecule has 0 spiro atoms. The van der Waals surface area contributed by atoms with Gasteiger partial charge in [-0.3, -0.25) is 4.79 Å². The molecule has 14 heavy (non-hydrogen) atoms. The third-order valence-corrected chi connectivity index (χ3v) is 1.89. The van der Waals surface area contributed by atoms with Crippen LogP contribution in [-0.4, -0.2) is 24.0 Å². The molecule has 0 saturated carbocycles. The Balaban J connectivity index is 4.07. The lowest BCUT2D eigenvalue weighted by Gasteiger charge is -2.11. The van der Waals surface area contributed by atoms with Crippen LogP contribution in [0.2, 0.25) is 0 Å². The van der Waals surface area contributed by atoms with Crippen LogP contribution in [0.25, 0.3) is 0 Å². The first-order chi connectivity index (χ1) is 6.61. The van der Waals surface area contributed by atoms with Crippen molar-refractivity contribution in [3.05, 3.63) is 0 Å². The van der Waals surface area contributed by atoms with E-state index in [4.69, 9.17) is 9.94 Å². The molecule has 82 valence electrons. The van der Waals surface area contributed by atoms with E-state index < -0.39 is 5.92 Å². The predicted octanol–water partition coefficient (Wildman–Crippen LogP) is 2.06. The van der Waals surface area contributed by atoms with Crippen LogP contribution in [0.15, 0.2) is 5.16 Å². The van der Waals surface area contributed by atoms with Gasteiger partial charge in [0.15, 0.2) is 0 Å². The molecule has 0 fully saturated rings. The van der Waals surface area contributed by atoms with E-state index >= 15 is 0 Å². The average molecular weight is 201 g/mol. The average Bonchev–Trinajstić information content (AvgIpc) is 2.12. The first-order valence-corrected chi connectivity index (χ1v) is 4.96. The Morgan fingerprint density at radius 2 is 2.14 bits per heavy atom. The molecule has 0 amide bonds. The summed E-state index contributed by atoms with van der Waals surface area (Å²) in [6, 6.07) is 0. The Bertz CT molecular complexity index is 190. The highest BCUT2D eigenvalue weighted by molar-refractivity contribution is 5.89. The maximum atomic E-state index is 11.3. The highest BCUT2D eigenvalue weighted by atomic mass is 16.5. The summed E-state index contributed by atoms with van der Waals surface area (Å²) in [7, 11) is 0. The Kier molecular flexibility index (Phi) is 6.80. The van der Waals surface area contributed by atoms with Gasteiger partial charge in [0, 0.05) is 0 Å². The van der Waals surface area contributed by atoms with Gasteiger partial charge in [0.05, 0.1) is 18.7 Å². The maximum absolute atomic E-state index is 11.3. The first kappa shape index (κ1) is 12.9. The van der Waals surface area contributed by atoms with Crippen LogP contribution in [0, 0.1) is 11.8 Å². The van der Waals surface area contributed by atoms with Crippen LogP contribution in [-0.2, 0) is 9.53 Å².